The molecule has 1 aliphatic rings. The van der Waals surface area contributed by atoms with E-state index in [0.717, 1.165) is 29.7 Å². The van der Waals surface area contributed by atoms with E-state index in [0.29, 0.717) is 34.1 Å². The Bertz CT molecular complexity index is 1130. The molecule has 4 rings (SSSR count). The van der Waals surface area contributed by atoms with Gasteiger partial charge in [-0.2, -0.15) is 0 Å². The van der Waals surface area contributed by atoms with Crippen molar-refractivity contribution in [2.45, 2.75) is 45.6 Å². The molecule has 0 saturated carbocycles. The summed E-state index contributed by atoms with van der Waals surface area (Å²) in [6.07, 6.45) is 3.29. The maximum absolute atomic E-state index is 13.6. The molecule has 7 heteroatoms. The summed E-state index contributed by atoms with van der Waals surface area (Å²) in [5.74, 6) is 0.456. The molecule has 2 heterocycles. The van der Waals surface area contributed by atoms with Crippen LogP contribution in [0.15, 0.2) is 29.1 Å². The molecule has 28 heavy (non-hydrogen) atoms. The SMILES string of the molecule is CCC(C(N)=O)n1c(-c2ccccc2Cl)nc2sc3c(c2c1=O)CCC(C)C3. The standard InChI is InChI=1S/C21H22ClN3O2S/c1-3-15(18(23)26)25-19(12-6-4-5-7-14(12)22)24-20-17(21(25)27)13-9-8-11(2)10-16(13)28-20/h4-7,11,15H,3,8-10H2,1-2H3,(H2,23,26). The van der Waals surface area contributed by atoms with Gasteiger partial charge in [0.05, 0.1) is 10.4 Å². The number of rotatable bonds is 4. The zero-order valence-corrected chi connectivity index (χ0v) is 17.4. The first-order chi connectivity index (χ1) is 13.4. The number of nitrogens with zero attached hydrogens (tertiary/aromatic N) is 2. The van der Waals surface area contributed by atoms with E-state index in [2.05, 4.69) is 6.92 Å². The second-order valence-electron chi connectivity index (χ2n) is 7.45. The van der Waals surface area contributed by atoms with Gasteiger partial charge >= 0.3 is 0 Å². The van der Waals surface area contributed by atoms with E-state index in [4.69, 9.17) is 22.3 Å². The van der Waals surface area contributed by atoms with Gasteiger partial charge in [0.25, 0.3) is 5.56 Å². The van der Waals surface area contributed by atoms with Crippen molar-refractivity contribution in [3.05, 3.63) is 50.1 Å². The molecule has 3 aromatic rings. The molecule has 1 aliphatic carbocycles. The van der Waals surface area contributed by atoms with E-state index < -0.39 is 11.9 Å². The number of thiophene rings is 1. The highest BCUT2D eigenvalue weighted by atomic mass is 35.5. The van der Waals surface area contributed by atoms with Gasteiger partial charge in [0.15, 0.2) is 0 Å². The number of halogens is 1. The van der Waals surface area contributed by atoms with Crippen molar-refractivity contribution >= 4 is 39.1 Å². The van der Waals surface area contributed by atoms with Crippen LogP contribution in [0, 0.1) is 5.92 Å². The number of carbonyl (C=O) groups excluding carboxylic acids is 1. The van der Waals surface area contributed by atoms with Gasteiger partial charge in [-0.3, -0.25) is 14.2 Å². The summed E-state index contributed by atoms with van der Waals surface area (Å²) < 4.78 is 1.46. The molecule has 2 atom stereocenters. The highest BCUT2D eigenvalue weighted by Gasteiger charge is 2.28. The van der Waals surface area contributed by atoms with E-state index in [1.807, 2.05) is 25.1 Å². The van der Waals surface area contributed by atoms with Gasteiger partial charge < -0.3 is 5.73 Å². The minimum Gasteiger partial charge on any atom is -0.368 e. The van der Waals surface area contributed by atoms with Crippen LogP contribution in [0.4, 0.5) is 0 Å². The Morgan fingerprint density at radius 2 is 2.18 bits per heavy atom. The van der Waals surface area contributed by atoms with Gasteiger partial charge in [-0.1, -0.05) is 37.6 Å². The monoisotopic (exact) mass is 415 g/mol. The number of aryl methyl sites for hydroxylation is 1. The van der Waals surface area contributed by atoms with Gasteiger partial charge in [-0.15, -0.1) is 11.3 Å². The summed E-state index contributed by atoms with van der Waals surface area (Å²) in [6.45, 7) is 4.07. The number of aromatic nitrogens is 2. The quantitative estimate of drug-likeness (QED) is 0.688. The molecule has 5 nitrogen and oxygen atoms in total. The summed E-state index contributed by atoms with van der Waals surface area (Å²) in [7, 11) is 0. The Morgan fingerprint density at radius 3 is 2.86 bits per heavy atom. The zero-order chi connectivity index (χ0) is 20.0. The third-order valence-corrected chi connectivity index (χ3v) is 6.98. The largest absolute Gasteiger partial charge is 0.368 e. The number of amides is 1. The van der Waals surface area contributed by atoms with Crippen molar-refractivity contribution in [1.29, 1.82) is 0 Å². The van der Waals surface area contributed by atoms with Gasteiger partial charge in [0.1, 0.15) is 16.7 Å². The van der Waals surface area contributed by atoms with Crippen molar-refractivity contribution < 1.29 is 4.79 Å². The van der Waals surface area contributed by atoms with E-state index >= 15 is 0 Å². The lowest BCUT2D eigenvalue weighted by Gasteiger charge is -2.20. The molecule has 2 aromatic heterocycles. The molecule has 0 fully saturated rings. The minimum absolute atomic E-state index is 0.197. The summed E-state index contributed by atoms with van der Waals surface area (Å²) in [6, 6.07) is 6.46. The van der Waals surface area contributed by atoms with Crippen LogP contribution in [0.2, 0.25) is 5.02 Å². The van der Waals surface area contributed by atoms with Crippen molar-refractivity contribution in [1.82, 2.24) is 9.55 Å². The van der Waals surface area contributed by atoms with Crippen molar-refractivity contribution in [2.24, 2.45) is 11.7 Å². The molecule has 1 amide bonds. The lowest BCUT2D eigenvalue weighted by atomic mass is 9.89. The van der Waals surface area contributed by atoms with Crippen molar-refractivity contribution in [3.8, 4) is 11.4 Å². The minimum atomic E-state index is -0.770. The first-order valence-corrected chi connectivity index (χ1v) is 10.7. The highest BCUT2D eigenvalue weighted by molar-refractivity contribution is 7.18. The lowest BCUT2D eigenvalue weighted by molar-refractivity contribution is -0.121. The third kappa shape index (κ3) is 3.05. The normalized spacial score (nSPS) is 17.5. The molecule has 0 bridgehead atoms. The topological polar surface area (TPSA) is 78.0 Å². The molecule has 0 spiro atoms. The summed E-state index contributed by atoms with van der Waals surface area (Å²) >= 11 is 8.00. The number of nitrogens with two attached hydrogens (primary N) is 1. The Morgan fingerprint density at radius 1 is 1.43 bits per heavy atom. The van der Waals surface area contributed by atoms with Crippen LogP contribution in [-0.2, 0) is 17.6 Å². The van der Waals surface area contributed by atoms with Crippen molar-refractivity contribution in [3.63, 3.8) is 0 Å². The molecule has 0 saturated heterocycles. The average Bonchev–Trinajstić information content (AvgIpc) is 3.01. The second-order valence-corrected chi connectivity index (χ2v) is 8.94. The van der Waals surface area contributed by atoms with Gasteiger partial charge in [-0.25, -0.2) is 4.98 Å². The smallest absolute Gasteiger partial charge is 0.263 e. The predicted molar refractivity (Wildman–Crippen MR) is 114 cm³/mol. The molecule has 0 radical (unpaired) electrons. The fraction of sp³-hybridized carbons (Fsp3) is 0.381. The Balaban J connectivity index is 2.09. The number of benzene rings is 1. The van der Waals surface area contributed by atoms with E-state index in [9.17, 15) is 9.59 Å². The highest BCUT2D eigenvalue weighted by Crippen LogP contribution is 2.38. The lowest BCUT2D eigenvalue weighted by Crippen LogP contribution is -2.35. The van der Waals surface area contributed by atoms with Crippen LogP contribution < -0.4 is 11.3 Å². The number of hydrogen-bond donors (Lipinski definition) is 1. The predicted octanol–water partition coefficient (Wildman–Crippen LogP) is 4.34. The molecular weight excluding hydrogens is 394 g/mol. The van der Waals surface area contributed by atoms with Crippen molar-refractivity contribution in [2.75, 3.05) is 0 Å². The van der Waals surface area contributed by atoms with Gasteiger partial charge in [0, 0.05) is 10.4 Å². The number of carbonyl (C=O) groups is 1. The van der Waals surface area contributed by atoms with E-state index in [1.54, 1.807) is 17.4 Å². The zero-order valence-electron chi connectivity index (χ0n) is 15.9. The molecule has 0 aliphatic heterocycles. The fourth-order valence-electron chi connectivity index (χ4n) is 4.04. The average molecular weight is 416 g/mol. The molecule has 2 unspecified atom stereocenters. The Labute approximate surface area is 172 Å². The molecular formula is C21H22ClN3O2S. The van der Waals surface area contributed by atoms with E-state index in [-0.39, 0.29) is 5.56 Å². The number of fused-ring (bicyclic) bond motifs is 3. The maximum Gasteiger partial charge on any atom is 0.263 e. The third-order valence-electron chi connectivity index (χ3n) is 5.50. The first-order valence-electron chi connectivity index (χ1n) is 9.53. The van der Waals surface area contributed by atoms with Crippen LogP contribution >= 0.6 is 22.9 Å². The van der Waals surface area contributed by atoms with Gasteiger partial charge in [0.2, 0.25) is 5.91 Å². The second kappa shape index (κ2) is 7.33. The number of primary amides is 1. The summed E-state index contributed by atoms with van der Waals surface area (Å²) in [4.78, 5) is 32.6. The van der Waals surface area contributed by atoms with Gasteiger partial charge in [-0.05, 0) is 49.3 Å². The summed E-state index contributed by atoms with van der Waals surface area (Å²) in [5.41, 5.74) is 7.17. The Kier molecular flexibility index (Phi) is 5.02. The van der Waals surface area contributed by atoms with Crippen LogP contribution in [0.3, 0.4) is 0 Å². The first kappa shape index (κ1) is 19.2. The van der Waals surface area contributed by atoms with E-state index in [1.165, 1.54) is 9.44 Å². The maximum atomic E-state index is 13.6. The molecule has 2 N–H and O–H groups in total. The molecule has 1 aromatic carbocycles. The Hall–Kier alpha value is -2.18. The van der Waals surface area contributed by atoms with Crippen LogP contribution in [0.1, 0.15) is 43.2 Å². The summed E-state index contributed by atoms with van der Waals surface area (Å²) in [5, 5.41) is 1.12. The van der Waals surface area contributed by atoms with Crippen LogP contribution in [-0.4, -0.2) is 15.5 Å². The molecule has 146 valence electrons. The number of hydrogen-bond acceptors (Lipinski definition) is 4. The van der Waals surface area contributed by atoms with Crippen LogP contribution in [0.25, 0.3) is 21.6 Å². The fourth-order valence-corrected chi connectivity index (χ4v) is 5.63. The van der Waals surface area contributed by atoms with Crippen LogP contribution in [0.5, 0.6) is 0 Å².